The Labute approximate surface area is 224 Å². The van der Waals surface area contributed by atoms with Crippen LogP contribution >= 0.6 is 0 Å². The largest absolute Gasteiger partial charge is 0.494 e. The van der Waals surface area contributed by atoms with Crippen LogP contribution in [0.15, 0.2) is 29.4 Å². The summed E-state index contributed by atoms with van der Waals surface area (Å²) in [7, 11) is 1.37. The molecule has 1 aromatic heterocycles. The number of carbonyl (C=O) groups excluding carboxylic acids is 2. The van der Waals surface area contributed by atoms with Crippen molar-refractivity contribution in [3.63, 3.8) is 0 Å². The van der Waals surface area contributed by atoms with Crippen molar-refractivity contribution in [1.29, 1.82) is 0 Å². The SMILES string of the molecule is COc1cc(CNC(=O)c2cc(C3=NOC([C@H]4CO[C@H](CNC(=O)C(C)(C)O)CO4)C3)nc(C)n2)ccc1F. The van der Waals surface area contributed by atoms with Crippen LogP contribution in [0.25, 0.3) is 0 Å². The van der Waals surface area contributed by atoms with Crippen molar-refractivity contribution in [3.8, 4) is 5.75 Å². The number of aryl methyl sites for hydroxylation is 1. The molecule has 1 aromatic carbocycles. The predicted molar refractivity (Wildman–Crippen MR) is 136 cm³/mol. The number of hydrogen-bond donors (Lipinski definition) is 3. The lowest BCUT2D eigenvalue weighted by Gasteiger charge is -2.32. The van der Waals surface area contributed by atoms with Crippen LogP contribution in [-0.2, 0) is 25.7 Å². The van der Waals surface area contributed by atoms with Crippen molar-refractivity contribution in [1.82, 2.24) is 20.6 Å². The second kappa shape index (κ2) is 12.0. The quantitative estimate of drug-likeness (QED) is 0.419. The third-order valence-corrected chi connectivity index (χ3v) is 6.18. The number of nitrogens with zero attached hydrogens (tertiary/aromatic N) is 3. The number of ether oxygens (including phenoxy) is 3. The fraction of sp³-hybridized carbons (Fsp3) is 0.500. The van der Waals surface area contributed by atoms with E-state index in [0.717, 1.165) is 0 Å². The summed E-state index contributed by atoms with van der Waals surface area (Å²) >= 11 is 0. The first-order valence-corrected chi connectivity index (χ1v) is 12.5. The first-order chi connectivity index (χ1) is 18.5. The monoisotopic (exact) mass is 545 g/mol. The van der Waals surface area contributed by atoms with E-state index in [1.54, 1.807) is 13.0 Å². The highest BCUT2D eigenvalue weighted by Gasteiger charge is 2.36. The molecule has 210 valence electrons. The standard InChI is InChI=1S/C26H32FN5O7/c1-14-30-18(8-20(31-14)24(33)28-10-15-5-6-17(27)21(7-15)36-4)19-9-22(39-32-19)23-13-37-16(12-38-23)11-29-25(34)26(2,3)35/h5-8,16,22-23,35H,9-13H2,1-4H3,(H,28,33)(H,29,34)/t16-,22?,23-/m1/s1. The molecule has 3 heterocycles. The molecule has 0 bridgehead atoms. The zero-order chi connectivity index (χ0) is 28.2. The molecule has 2 aliphatic heterocycles. The molecule has 13 heteroatoms. The zero-order valence-electron chi connectivity index (χ0n) is 22.2. The van der Waals surface area contributed by atoms with Crippen molar-refractivity contribution in [2.45, 2.75) is 57.6 Å². The zero-order valence-corrected chi connectivity index (χ0v) is 22.2. The molecule has 1 saturated heterocycles. The van der Waals surface area contributed by atoms with Crippen LogP contribution in [0.1, 0.15) is 47.8 Å². The topological polar surface area (TPSA) is 153 Å². The maximum atomic E-state index is 13.6. The molecular weight excluding hydrogens is 513 g/mol. The summed E-state index contributed by atoms with van der Waals surface area (Å²) in [6, 6.07) is 5.89. The van der Waals surface area contributed by atoms with E-state index in [1.807, 2.05) is 0 Å². The van der Waals surface area contributed by atoms with Crippen molar-refractivity contribution in [2.24, 2.45) is 5.16 Å². The highest BCUT2D eigenvalue weighted by atomic mass is 19.1. The lowest BCUT2D eigenvalue weighted by molar-refractivity contribution is -0.171. The number of amides is 2. The number of aliphatic hydroxyl groups is 1. The Hall–Kier alpha value is -3.68. The molecule has 1 unspecified atom stereocenters. The summed E-state index contributed by atoms with van der Waals surface area (Å²) in [6.07, 6.45) is -0.754. The van der Waals surface area contributed by atoms with E-state index < -0.39 is 29.3 Å². The van der Waals surface area contributed by atoms with Gasteiger partial charge in [-0.3, -0.25) is 9.59 Å². The molecule has 3 atom stereocenters. The Balaban J connectivity index is 1.30. The molecule has 0 saturated carbocycles. The van der Waals surface area contributed by atoms with Crippen molar-refractivity contribution >= 4 is 17.5 Å². The molecule has 1 fully saturated rings. The van der Waals surface area contributed by atoms with Gasteiger partial charge in [-0.1, -0.05) is 11.2 Å². The number of nitrogens with one attached hydrogen (secondary N) is 2. The van der Waals surface area contributed by atoms with Gasteiger partial charge >= 0.3 is 0 Å². The summed E-state index contributed by atoms with van der Waals surface area (Å²) < 4.78 is 30.3. The molecular formula is C26H32FN5O7. The van der Waals surface area contributed by atoms with Gasteiger partial charge in [0.25, 0.3) is 11.8 Å². The first kappa shape index (κ1) is 28.3. The summed E-state index contributed by atoms with van der Waals surface area (Å²) in [4.78, 5) is 38.9. The van der Waals surface area contributed by atoms with Crippen LogP contribution in [0.2, 0.25) is 0 Å². The Morgan fingerprint density at radius 1 is 1.15 bits per heavy atom. The number of methoxy groups -OCH3 is 1. The molecule has 0 aliphatic carbocycles. The van der Waals surface area contributed by atoms with Gasteiger partial charge < -0.3 is 34.8 Å². The van der Waals surface area contributed by atoms with E-state index >= 15 is 0 Å². The molecule has 2 aromatic rings. The molecule has 2 aliphatic rings. The maximum Gasteiger partial charge on any atom is 0.270 e. The second-order valence-corrected chi connectivity index (χ2v) is 9.82. The smallest absolute Gasteiger partial charge is 0.270 e. The molecule has 4 rings (SSSR count). The lowest BCUT2D eigenvalue weighted by Crippen LogP contribution is -2.49. The number of hydrogen-bond acceptors (Lipinski definition) is 10. The van der Waals surface area contributed by atoms with Gasteiger partial charge in [0.15, 0.2) is 17.7 Å². The molecule has 0 radical (unpaired) electrons. The number of rotatable bonds is 9. The van der Waals surface area contributed by atoms with Crippen LogP contribution in [0, 0.1) is 12.7 Å². The van der Waals surface area contributed by atoms with Crippen LogP contribution in [0.4, 0.5) is 4.39 Å². The number of carbonyl (C=O) groups is 2. The van der Waals surface area contributed by atoms with Crippen molar-refractivity contribution < 1.29 is 38.1 Å². The van der Waals surface area contributed by atoms with Gasteiger partial charge in [0.1, 0.15) is 28.9 Å². The van der Waals surface area contributed by atoms with E-state index in [0.29, 0.717) is 29.2 Å². The van der Waals surface area contributed by atoms with E-state index in [1.165, 1.54) is 39.2 Å². The minimum atomic E-state index is -1.47. The number of halogens is 1. The van der Waals surface area contributed by atoms with Crippen LogP contribution in [0.3, 0.4) is 0 Å². The van der Waals surface area contributed by atoms with E-state index in [-0.39, 0.29) is 50.0 Å². The van der Waals surface area contributed by atoms with Gasteiger partial charge in [0.2, 0.25) is 0 Å². The molecule has 0 spiro atoms. The van der Waals surface area contributed by atoms with Gasteiger partial charge in [-0.25, -0.2) is 14.4 Å². The highest BCUT2D eigenvalue weighted by Crippen LogP contribution is 2.23. The van der Waals surface area contributed by atoms with Gasteiger partial charge in [-0.15, -0.1) is 0 Å². The maximum absolute atomic E-state index is 13.6. The average molecular weight is 546 g/mol. The van der Waals surface area contributed by atoms with E-state index in [4.69, 9.17) is 19.0 Å². The Morgan fingerprint density at radius 3 is 2.64 bits per heavy atom. The average Bonchev–Trinajstić information content (AvgIpc) is 3.41. The Bertz CT molecular complexity index is 1240. The second-order valence-electron chi connectivity index (χ2n) is 9.82. The fourth-order valence-electron chi connectivity index (χ4n) is 3.98. The Morgan fingerprint density at radius 2 is 1.95 bits per heavy atom. The highest BCUT2D eigenvalue weighted by molar-refractivity contribution is 6.02. The van der Waals surface area contributed by atoms with Crippen molar-refractivity contribution in [3.05, 3.63) is 52.9 Å². The number of aromatic nitrogens is 2. The number of benzene rings is 1. The molecule has 2 amide bonds. The van der Waals surface area contributed by atoms with Crippen LogP contribution in [-0.4, -0.2) is 83.4 Å². The van der Waals surface area contributed by atoms with Gasteiger partial charge in [-0.05, 0) is 44.5 Å². The predicted octanol–water partition coefficient (Wildman–Crippen LogP) is 1.03. The third-order valence-electron chi connectivity index (χ3n) is 6.18. The fourth-order valence-corrected chi connectivity index (χ4v) is 3.98. The minimum Gasteiger partial charge on any atom is -0.494 e. The van der Waals surface area contributed by atoms with Crippen LogP contribution < -0.4 is 15.4 Å². The normalized spacial score (nSPS) is 21.1. The Kier molecular flexibility index (Phi) is 8.73. The molecule has 39 heavy (non-hydrogen) atoms. The van der Waals surface area contributed by atoms with E-state index in [2.05, 4.69) is 25.8 Å². The van der Waals surface area contributed by atoms with Crippen LogP contribution in [0.5, 0.6) is 5.75 Å². The lowest BCUT2D eigenvalue weighted by atomic mass is 10.0. The van der Waals surface area contributed by atoms with Crippen molar-refractivity contribution in [2.75, 3.05) is 26.9 Å². The van der Waals surface area contributed by atoms with E-state index in [9.17, 15) is 19.1 Å². The molecule has 3 N–H and O–H groups in total. The summed E-state index contributed by atoms with van der Waals surface area (Å²) in [5, 5.41) is 19.3. The number of oxime groups is 1. The molecule has 12 nitrogen and oxygen atoms in total. The minimum absolute atomic E-state index is 0.0936. The first-order valence-electron chi connectivity index (χ1n) is 12.5. The van der Waals surface area contributed by atoms with Gasteiger partial charge in [-0.2, -0.15) is 0 Å². The van der Waals surface area contributed by atoms with Gasteiger partial charge in [0.05, 0.1) is 32.1 Å². The van der Waals surface area contributed by atoms with Gasteiger partial charge in [0, 0.05) is 19.5 Å². The third kappa shape index (κ3) is 7.25. The summed E-state index contributed by atoms with van der Waals surface area (Å²) in [5.41, 5.74) is 0.361. The summed E-state index contributed by atoms with van der Waals surface area (Å²) in [5.74, 6) is -0.916. The summed E-state index contributed by atoms with van der Waals surface area (Å²) in [6.45, 7) is 5.33.